The van der Waals surface area contributed by atoms with Crippen molar-refractivity contribution in [1.29, 1.82) is 0 Å². The molecule has 0 fully saturated rings. The van der Waals surface area contributed by atoms with Gasteiger partial charge in [-0.05, 0) is 164 Å². The summed E-state index contributed by atoms with van der Waals surface area (Å²) in [6, 6.07) is 48.3. The Morgan fingerprint density at radius 2 is 0.554 bits per heavy atom. The first-order valence-electron chi connectivity index (χ1n) is 29.1. The molecule has 0 bridgehead atoms. The Morgan fingerprint density at radius 1 is 0.270 bits per heavy atom. The molecule has 0 saturated heterocycles. The fourth-order valence-electron chi connectivity index (χ4n) is 9.24. The maximum atomic E-state index is 5.98. The Balaban J connectivity index is 0.000000306. The van der Waals surface area contributed by atoms with Crippen molar-refractivity contribution in [3.05, 3.63) is 178 Å². The molecule has 0 aliphatic carbocycles. The molecule has 0 spiro atoms. The molecule has 7 rings (SSSR count). The van der Waals surface area contributed by atoms with Gasteiger partial charge >= 0.3 is 0 Å². The lowest BCUT2D eigenvalue weighted by Gasteiger charge is -2.14. The molecule has 400 valence electrons. The molecular weight excluding hydrogens is 897 g/mol. The highest BCUT2D eigenvalue weighted by Crippen LogP contribution is 2.33. The quantitative estimate of drug-likeness (QED) is 0.0595. The van der Waals surface area contributed by atoms with Gasteiger partial charge in [-0.2, -0.15) is 0 Å². The minimum absolute atomic E-state index is 0.817. The van der Waals surface area contributed by atoms with E-state index >= 15 is 0 Å². The summed E-state index contributed by atoms with van der Waals surface area (Å²) in [4.78, 5) is 0. The highest BCUT2D eigenvalue weighted by atomic mass is 16.5. The number of rotatable bonds is 23. The summed E-state index contributed by atoms with van der Waals surface area (Å²) in [7, 11) is 0. The van der Waals surface area contributed by atoms with Crippen LogP contribution in [-0.4, -0.2) is 13.2 Å². The molecule has 0 unspecified atom stereocenters. The van der Waals surface area contributed by atoms with Crippen molar-refractivity contribution in [2.24, 2.45) is 0 Å². The summed E-state index contributed by atoms with van der Waals surface area (Å²) >= 11 is 0. The van der Waals surface area contributed by atoms with E-state index in [4.69, 9.17) is 9.47 Å². The first-order valence-corrected chi connectivity index (χ1v) is 29.1. The smallest absolute Gasteiger partial charge is 0.119 e. The summed E-state index contributed by atoms with van der Waals surface area (Å²) in [5, 5.41) is 2.67. The van der Waals surface area contributed by atoms with Crippen molar-refractivity contribution in [1.82, 2.24) is 0 Å². The molecule has 0 N–H and O–H groups in total. The van der Waals surface area contributed by atoms with Crippen molar-refractivity contribution < 1.29 is 9.47 Å². The molecule has 0 saturated carbocycles. The minimum Gasteiger partial charge on any atom is -0.494 e. The molecule has 0 radical (unpaired) electrons. The third-order valence-corrected chi connectivity index (χ3v) is 13.8. The molecular formula is C72H100O2. The first kappa shape index (κ1) is 62.7. The van der Waals surface area contributed by atoms with Gasteiger partial charge in [0.1, 0.15) is 11.5 Å². The monoisotopic (exact) mass is 997 g/mol. The third-order valence-electron chi connectivity index (χ3n) is 13.8. The van der Waals surface area contributed by atoms with Crippen molar-refractivity contribution >= 4 is 10.8 Å². The van der Waals surface area contributed by atoms with Crippen LogP contribution in [0.15, 0.2) is 133 Å². The molecule has 0 amide bonds. The van der Waals surface area contributed by atoms with E-state index in [-0.39, 0.29) is 0 Å². The van der Waals surface area contributed by atoms with Gasteiger partial charge in [0.15, 0.2) is 0 Å². The van der Waals surface area contributed by atoms with E-state index in [1.54, 1.807) is 0 Å². The van der Waals surface area contributed by atoms with Gasteiger partial charge in [-0.15, -0.1) is 0 Å². The van der Waals surface area contributed by atoms with Gasteiger partial charge in [-0.1, -0.05) is 257 Å². The molecule has 7 aromatic rings. The Hall–Kier alpha value is -5.60. The normalized spacial score (nSPS) is 10.5. The zero-order chi connectivity index (χ0) is 54.1. The van der Waals surface area contributed by atoms with E-state index in [9.17, 15) is 0 Å². The predicted molar refractivity (Wildman–Crippen MR) is 330 cm³/mol. The molecule has 0 aromatic heterocycles. The van der Waals surface area contributed by atoms with Crippen molar-refractivity contribution in [3.63, 3.8) is 0 Å². The topological polar surface area (TPSA) is 18.5 Å². The van der Waals surface area contributed by atoms with E-state index in [1.807, 2.05) is 27.7 Å². The summed E-state index contributed by atoms with van der Waals surface area (Å²) < 4.78 is 11.9. The van der Waals surface area contributed by atoms with Crippen LogP contribution in [-0.2, 0) is 0 Å². The number of hydrogen-bond donors (Lipinski definition) is 0. The van der Waals surface area contributed by atoms with Gasteiger partial charge in [-0.3, -0.25) is 0 Å². The highest BCUT2D eigenvalue weighted by Gasteiger charge is 2.10. The SMILES string of the molecule is CC.CC.CCCCCCCCCCOc1ccc(-c2cc(C)c(-c3ccc(C)cc3)cc2C)cc1.CCCCCCCCCCOc1ccc(-c2cc(C)c(C)cc2C)cc1.Cc1ccc2cc(C)ccc2c1. The van der Waals surface area contributed by atoms with Crippen LogP contribution in [0.2, 0.25) is 0 Å². The van der Waals surface area contributed by atoms with Gasteiger partial charge in [0, 0.05) is 0 Å². The van der Waals surface area contributed by atoms with Gasteiger partial charge < -0.3 is 9.47 Å². The Morgan fingerprint density at radius 3 is 0.919 bits per heavy atom. The molecule has 0 aliphatic rings. The zero-order valence-electron chi connectivity index (χ0n) is 49.2. The number of fused-ring (bicyclic) bond motifs is 1. The average molecular weight is 998 g/mol. The summed E-state index contributed by atoms with van der Waals surface area (Å²) in [6.45, 7) is 31.5. The van der Waals surface area contributed by atoms with Crippen LogP contribution < -0.4 is 9.47 Å². The van der Waals surface area contributed by atoms with Crippen LogP contribution in [0.1, 0.15) is 189 Å². The fraction of sp³-hybridized carbons (Fsp3) is 0.444. The van der Waals surface area contributed by atoms with Gasteiger partial charge in [0.2, 0.25) is 0 Å². The minimum atomic E-state index is 0.817. The number of ether oxygens (including phenoxy) is 2. The second-order valence-electron chi connectivity index (χ2n) is 20.1. The molecule has 7 aromatic carbocycles. The van der Waals surface area contributed by atoms with Crippen LogP contribution >= 0.6 is 0 Å². The van der Waals surface area contributed by atoms with Crippen LogP contribution in [0, 0.1) is 55.4 Å². The van der Waals surface area contributed by atoms with Crippen molar-refractivity contribution in [3.8, 4) is 44.9 Å². The fourth-order valence-corrected chi connectivity index (χ4v) is 9.24. The van der Waals surface area contributed by atoms with Gasteiger partial charge in [0.25, 0.3) is 0 Å². The number of benzene rings is 7. The van der Waals surface area contributed by atoms with E-state index in [2.05, 4.69) is 203 Å². The Bertz CT molecular complexity index is 2540. The number of aryl methyl sites for hydroxylation is 8. The van der Waals surface area contributed by atoms with Crippen molar-refractivity contribution in [2.75, 3.05) is 13.2 Å². The zero-order valence-corrected chi connectivity index (χ0v) is 49.2. The standard InChI is InChI=1S/C31H40O.C25H36O.C12H12.2C2H6/c1-5-6-7-8-9-10-11-12-21-32-29-19-17-28(18-20-29)31-23-25(3)30(22-26(31)4)27-15-13-24(2)14-16-27;1-5-6-7-8-9-10-11-12-17-26-24-15-13-23(14-16-24)25-19-21(3)20(2)18-22(25)4;1-9-3-5-12-8-10(2)4-6-11(12)7-9;2*1-2/h13-20,22-23H,5-12,21H2,1-4H3;13-16,18-19H,5-12,17H2,1-4H3;3-8H,1-2H3;2*1-2H3. The second kappa shape index (κ2) is 36.4. The first-order chi connectivity index (χ1) is 35.9. The average Bonchev–Trinajstić information content (AvgIpc) is 3.41. The van der Waals surface area contributed by atoms with Gasteiger partial charge in [-0.25, -0.2) is 0 Å². The molecule has 2 heteroatoms. The van der Waals surface area contributed by atoms with E-state index in [1.165, 1.54) is 179 Å². The van der Waals surface area contributed by atoms with E-state index in [0.717, 1.165) is 37.6 Å². The van der Waals surface area contributed by atoms with E-state index in [0.29, 0.717) is 0 Å². The van der Waals surface area contributed by atoms with Crippen LogP contribution in [0.3, 0.4) is 0 Å². The lowest BCUT2D eigenvalue weighted by molar-refractivity contribution is 0.304. The molecule has 0 aliphatic heterocycles. The van der Waals surface area contributed by atoms with Gasteiger partial charge in [0.05, 0.1) is 13.2 Å². The second-order valence-corrected chi connectivity index (χ2v) is 20.1. The van der Waals surface area contributed by atoms with Crippen LogP contribution in [0.5, 0.6) is 11.5 Å². The third kappa shape index (κ3) is 22.5. The van der Waals surface area contributed by atoms with Crippen LogP contribution in [0.4, 0.5) is 0 Å². The Labute approximate surface area is 453 Å². The van der Waals surface area contributed by atoms with E-state index < -0.39 is 0 Å². The molecule has 0 heterocycles. The number of unbranched alkanes of at least 4 members (excludes halogenated alkanes) is 14. The molecule has 0 atom stereocenters. The lowest BCUT2D eigenvalue weighted by Crippen LogP contribution is -1.97. The van der Waals surface area contributed by atoms with Crippen LogP contribution in [0.25, 0.3) is 44.2 Å². The highest BCUT2D eigenvalue weighted by molar-refractivity contribution is 5.83. The van der Waals surface area contributed by atoms with Crippen molar-refractivity contribution in [2.45, 2.75) is 200 Å². The Kier molecular flexibility index (Phi) is 30.8. The summed E-state index contributed by atoms with van der Waals surface area (Å²) in [6.07, 6.45) is 21.3. The maximum absolute atomic E-state index is 5.98. The summed E-state index contributed by atoms with van der Waals surface area (Å²) in [5.41, 5.74) is 18.3. The predicted octanol–water partition coefficient (Wildman–Crippen LogP) is 22.8. The summed E-state index contributed by atoms with van der Waals surface area (Å²) in [5.74, 6) is 1.96. The lowest BCUT2D eigenvalue weighted by atomic mass is 9.91. The maximum Gasteiger partial charge on any atom is 0.119 e. The molecule has 74 heavy (non-hydrogen) atoms. The number of hydrogen-bond acceptors (Lipinski definition) is 2. The largest absolute Gasteiger partial charge is 0.494 e. The molecule has 2 nitrogen and oxygen atoms in total.